The fourth-order valence-electron chi connectivity index (χ4n) is 3.24. The molecule has 0 heterocycles. The van der Waals surface area contributed by atoms with E-state index in [4.69, 9.17) is 17.7 Å². The smallest absolute Gasteiger partial charge is 0.320 e. The topological polar surface area (TPSA) is 36.9 Å². The number of hydrogen-bond donors (Lipinski definition) is 0. The van der Waals surface area contributed by atoms with Gasteiger partial charge in [0, 0.05) is 38.9 Å². The Morgan fingerprint density at radius 1 is 0.594 bits per heavy atom. The van der Waals surface area contributed by atoms with Crippen LogP contribution in [0.25, 0.3) is 0 Å². The molecule has 2 unspecified atom stereocenters. The van der Waals surface area contributed by atoms with Crippen LogP contribution in [-0.2, 0) is 17.7 Å². The summed E-state index contributed by atoms with van der Waals surface area (Å²) < 4.78 is 22.1. The van der Waals surface area contributed by atoms with Crippen LogP contribution in [0.3, 0.4) is 0 Å². The minimum Gasteiger partial charge on any atom is -0.400 e. The van der Waals surface area contributed by atoms with Gasteiger partial charge in [-0.15, -0.1) is 0 Å². The van der Waals surface area contributed by atoms with E-state index in [-0.39, 0.29) is 0 Å². The highest BCUT2D eigenvalue weighted by atomic mass is 33.7. The molecule has 10 heteroatoms. The van der Waals surface area contributed by atoms with Crippen LogP contribution in [-0.4, -0.2) is 47.0 Å². The summed E-state index contributed by atoms with van der Waals surface area (Å²) in [6.45, 7) is 0. The normalized spacial score (nSPS) is 13.6. The summed E-state index contributed by atoms with van der Waals surface area (Å²) in [5, 5.41) is 0.840. The van der Waals surface area contributed by atoms with Crippen molar-refractivity contribution < 1.29 is 17.7 Å². The molecule has 0 aromatic heterocycles. The number of hydrogen-bond acceptors (Lipinski definition) is 8. The maximum atomic E-state index is 5.53. The van der Waals surface area contributed by atoms with Crippen molar-refractivity contribution >= 4 is 59.8 Å². The predicted octanol–water partition coefficient (Wildman–Crippen LogP) is 6.95. The molecule has 0 radical (unpaired) electrons. The lowest BCUT2D eigenvalue weighted by Crippen LogP contribution is -2.19. The van der Waals surface area contributed by atoms with Crippen LogP contribution in [0.4, 0.5) is 0 Å². The molecule has 4 nitrogen and oxygen atoms in total. The van der Waals surface area contributed by atoms with Gasteiger partial charge in [-0.2, -0.15) is 0 Å². The molecule has 0 aliphatic heterocycles. The van der Waals surface area contributed by atoms with Gasteiger partial charge >= 0.3 is 18.6 Å². The second kappa shape index (κ2) is 17.5. The van der Waals surface area contributed by atoms with Gasteiger partial charge in [-0.1, -0.05) is 82.3 Å². The molecule has 0 bridgehead atoms. The van der Waals surface area contributed by atoms with Gasteiger partial charge in [0.2, 0.25) is 0 Å². The molecule has 0 amide bonds. The van der Waals surface area contributed by atoms with Crippen LogP contribution >= 0.6 is 41.2 Å². The van der Waals surface area contributed by atoms with Crippen molar-refractivity contribution in [2.45, 2.75) is 35.4 Å². The third kappa shape index (κ3) is 10.6. The van der Waals surface area contributed by atoms with Gasteiger partial charge in [-0.05, 0) is 55.7 Å². The highest BCUT2D eigenvalue weighted by Gasteiger charge is 2.20. The first-order valence-electron chi connectivity index (χ1n) is 10.6. The largest absolute Gasteiger partial charge is 0.400 e. The van der Waals surface area contributed by atoms with Gasteiger partial charge in [-0.25, -0.2) is 0 Å². The summed E-state index contributed by atoms with van der Waals surface area (Å²) in [6, 6.07) is 23.5. The Balaban J connectivity index is 1.92. The van der Waals surface area contributed by atoms with Gasteiger partial charge in [-0.3, -0.25) is 0 Å². The molecule has 0 saturated heterocycles. The van der Waals surface area contributed by atoms with Gasteiger partial charge in [0.15, 0.2) is 0 Å². The molecular weight excluding hydrogens is 513 g/mol. The molecular formula is C22H34O4S4Si2. The predicted molar refractivity (Wildman–Crippen MR) is 150 cm³/mol. The molecule has 0 aliphatic rings. The van der Waals surface area contributed by atoms with Gasteiger partial charge in [0.05, 0.1) is 0 Å². The average molecular weight is 547 g/mol. The monoisotopic (exact) mass is 546 g/mol. The van der Waals surface area contributed by atoms with Crippen LogP contribution in [0.1, 0.15) is 34.5 Å². The summed E-state index contributed by atoms with van der Waals surface area (Å²) in [4.78, 5) is 0. The maximum absolute atomic E-state index is 5.53. The number of rotatable bonds is 17. The summed E-state index contributed by atoms with van der Waals surface area (Å²) >= 11 is 0. The molecule has 32 heavy (non-hydrogen) atoms. The van der Waals surface area contributed by atoms with E-state index in [9.17, 15) is 0 Å². The zero-order chi connectivity index (χ0) is 23.0. The lowest BCUT2D eigenvalue weighted by molar-refractivity contribution is 0.276. The lowest BCUT2D eigenvalue weighted by Gasteiger charge is -2.20. The molecule has 0 N–H and O–H groups in total. The first-order valence-corrected chi connectivity index (χ1v) is 19.0. The van der Waals surface area contributed by atoms with E-state index < -0.39 is 18.6 Å². The van der Waals surface area contributed by atoms with Crippen LogP contribution < -0.4 is 0 Å². The summed E-state index contributed by atoms with van der Waals surface area (Å²) in [6.07, 6.45) is 2.12. The van der Waals surface area contributed by atoms with Gasteiger partial charge in [0.25, 0.3) is 0 Å². The Morgan fingerprint density at radius 3 is 1.25 bits per heavy atom. The number of benzene rings is 2. The van der Waals surface area contributed by atoms with E-state index in [1.54, 1.807) is 28.4 Å². The van der Waals surface area contributed by atoms with Crippen molar-refractivity contribution in [3.05, 3.63) is 71.8 Å². The highest BCUT2D eigenvalue weighted by Crippen LogP contribution is 2.55. The quantitative estimate of drug-likeness (QED) is 0.120. The standard InChI is InChI=1S/C22H34O4S4Si2/c1-23-31(24-2)17-15-21(19-11-7-5-8-12-19)27-29-30-28-22(16-18-32(25-3)26-4)20-13-9-6-10-14-20/h5-14,21-22,31-32H,15-18H2,1-4H3. The third-order valence-corrected chi connectivity index (χ3v) is 15.9. The molecule has 2 aromatic rings. The summed E-state index contributed by atoms with van der Waals surface area (Å²) in [5.74, 6) is 0. The van der Waals surface area contributed by atoms with Gasteiger partial charge < -0.3 is 17.7 Å². The zero-order valence-corrected chi connectivity index (χ0v) is 24.8. The van der Waals surface area contributed by atoms with Crippen LogP contribution in [0.5, 0.6) is 0 Å². The highest BCUT2D eigenvalue weighted by molar-refractivity contribution is 9.26. The Morgan fingerprint density at radius 2 is 0.938 bits per heavy atom. The lowest BCUT2D eigenvalue weighted by atomic mass is 10.1. The van der Waals surface area contributed by atoms with Crippen LogP contribution in [0.2, 0.25) is 12.1 Å². The second-order valence-corrected chi connectivity index (χ2v) is 18.1. The van der Waals surface area contributed by atoms with Gasteiger partial charge in [0.1, 0.15) is 0 Å². The third-order valence-electron chi connectivity index (χ3n) is 5.06. The van der Waals surface area contributed by atoms with Crippen molar-refractivity contribution in [2.24, 2.45) is 0 Å². The minimum absolute atomic E-state index is 0.420. The van der Waals surface area contributed by atoms with Crippen LogP contribution in [0.15, 0.2) is 60.7 Å². The summed E-state index contributed by atoms with van der Waals surface area (Å²) in [5.41, 5.74) is 2.73. The Labute approximate surface area is 212 Å². The maximum Gasteiger partial charge on any atom is 0.320 e. The van der Waals surface area contributed by atoms with E-state index in [1.165, 1.54) is 11.1 Å². The SMILES string of the molecule is CO[SiH](CCC(SSSSC(CC[SiH](OC)OC)c1ccccc1)c1ccccc1)OC. The van der Waals surface area contributed by atoms with E-state index in [0.29, 0.717) is 10.5 Å². The van der Waals surface area contributed by atoms with E-state index in [1.807, 2.05) is 41.2 Å². The van der Waals surface area contributed by atoms with E-state index in [0.717, 1.165) is 24.9 Å². The van der Waals surface area contributed by atoms with Crippen molar-refractivity contribution in [1.82, 2.24) is 0 Å². The van der Waals surface area contributed by atoms with Crippen molar-refractivity contribution in [2.75, 3.05) is 28.4 Å². The molecule has 178 valence electrons. The first-order chi connectivity index (χ1) is 15.7. The van der Waals surface area contributed by atoms with Crippen molar-refractivity contribution in [3.8, 4) is 0 Å². The molecule has 2 rings (SSSR count). The van der Waals surface area contributed by atoms with Crippen molar-refractivity contribution in [3.63, 3.8) is 0 Å². The van der Waals surface area contributed by atoms with Crippen LogP contribution in [0, 0.1) is 0 Å². The van der Waals surface area contributed by atoms with E-state index in [2.05, 4.69) is 60.7 Å². The van der Waals surface area contributed by atoms with Crippen molar-refractivity contribution in [1.29, 1.82) is 0 Å². The molecule has 2 atom stereocenters. The molecule has 0 fully saturated rings. The molecule has 2 aromatic carbocycles. The average Bonchev–Trinajstić information content (AvgIpc) is 2.86. The summed E-state index contributed by atoms with van der Waals surface area (Å²) in [7, 11) is 11.6. The zero-order valence-electron chi connectivity index (χ0n) is 19.2. The fraction of sp³-hybridized carbons (Fsp3) is 0.455. The Bertz CT molecular complexity index is 648. The Kier molecular flexibility index (Phi) is 15.5. The molecule has 0 aliphatic carbocycles. The molecule has 0 saturated carbocycles. The second-order valence-electron chi connectivity index (χ2n) is 7.08. The molecule has 0 spiro atoms. The Hall–Kier alpha value is 0.114. The first kappa shape index (κ1) is 28.4. The minimum atomic E-state index is -1.55. The van der Waals surface area contributed by atoms with E-state index >= 15 is 0 Å². The fourth-order valence-corrected chi connectivity index (χ4v) is 13.5.